The molecular formula is C25H38O4. The number of carbonyl (C=O) groups excluding carboxylic acids is 2. The van der Waals surface area contributed by atoms with E-state index in [1.165, 1.54) is 45.4 Å². The molecule has 0 saturated heterocycles. The van der Waals surface area contributed by atoms with E-state index >= 15 is 0 Å². The summed E-state index contributed by atoms with van der Waals surface area (Å²) in [5.41, 5.74) is 0.645. The lowest BCUT2D eigenvalue weighted by Crippen LogP contribution is -2.54. The number of allylic oxidation sites excluding steroid dienone is 2. The van der Waals surface area contributed by atoms with E-state index < -0.39 is 0 Å². The second-order valence-electron chi connectivity index (χ2n) is 10.7. The molecule has 0 unspecified atom stereocenters. The Labute approximate surface area is 175 Å². The van der Waals surface area contributed by atoms with Crippen LogP contribution < -0.4 is 0 Å². The van der Waals surface area contributed by atoms with Gasteiger partial charge in [-0.1, -0.05) is 13.8 Å². The van der Waals surface area contributed by atoms with Crippen molar-refractivity contribution in [2.45, 2.75) is 84.7 Å². The van der Waals surface area contributed by atoms with Gasteiger partial charge in [0.05, 0.1) is 7.11 Å². The number of fused-ring (bicyclic) bond motifs is 5. The Morgan fingerprint density at radius 2 is 1.69 bits per heavy atom. The Kier molecular flexibility index (Phi) is 5.59. The quantitative estimate of drug-likeness (QED) is 0.277. The van der Waals surface area contributed by atoms with E-state index in [0.717, 1.165) is 49.1 Å². The van der Waals surface area contributed by atoms with E-state index in [-0.39, 0.29) is 17.5 Å². The second-order valence-corrected chi connectivity index (χ2v) is 10.7. The summed E-state index contributed by atoms with van der Waals surface area (Å²) in [6.45, 7) is 6.55. The molecule has 162 valence electrons. The van der Waals surface area contributed by atoms with E-state index in [1.807, 2.05) is 0 Å². The molecule has 0 spiro atoms. The highest BCUT2D eigenvalue weighted by atomic mass is 16.5. The van der Waals surface area contributed by atoms with Gasteiger partial charge in [-0.3, -0.25) is 9.59 Å². The topological polar surface area (TPSA) is 52.6 Å². The molecule has 0 aromatic rings. The molecule has 0 N–H and O–H groups in total. The monoisotopic (exact) mass is 402 g/mol. The largest absolute Gasteiger partial charge is 0.501 e. The summed E-state index contributed by atoms with van der Waals surface area (Å²) in [4.78, 5) is 22.6. The third-order valence-electron chi connectivity index (χ3n) is 9.76. The van der Waals surface area contributed by atoms with Crippen molar-refractivity contribution >= 4 is 12.3 Å². The van der Waals surface area contributed by atoms with Gasteiger partial charge in [0.2, 0.25) is 0 Å². The van der Waals surface area contributed by atoms with Crippen LogP contribution in [-0.4, -0.2) is 25.5 Å². The summed E-state index contributed by atoms with van der Waals surface area (Å²) in [6, 6.07) is 0. The number of hydrogen-bond acceptors (Lipinski definition) is 4. The minimum Gasteiger partial charge on any atom is -0.501 e. The molecule has 0 aliphatic heterocycles. The lowest BCUT2D eigenvalue weighted by atomic mass is 9.44. The summed E-state index contributed by atoms with van der Waals surface area (Å²) in [5.74, 6) is 4.15. The molecule has 4 aliphatic rings. The standard InChI is InChI=1S/C25H38O4/c1-16(27)29-18-9-12-24(2)17(15-18)5-6-19-20-7-8-22(23(28-4)11-14-26)25(20,3)13-10-21(19)24/h11,14,17-22H,5-10,12-13,15H2,1-4H3/t17-,18-,19-,20-,21-,22+,24-,25-/m0/s1. The van der Waals surface area contributed by atoms with Crippen LogP contribution in [0, 0.1) is 40.4 Å². The highest BCUT2D eigenvalue weighted by molar-refractivity contribution is 5.66. The molecule has 8 atom stereocenters. The van der Waals surface area contributed by atoms with Crippen LogP contribution in [0.15, 0.2) is 11.8 Å². The smallest absolute Gasteiger partial charge is 0.302 e. The zero-order valence-electron chi connectivity index (χ0n) is 18.6. The molecule has 4 aliphatic carbocycles. The molecule has 0 aromatic heterocycles. The van der Waals surface area contributed by atoms with Crippen molar-refractivity contribution < 1.29 is 19.1 Å². The summed E-state index contributed by atoms with van der Waals surface area (Å²) in [7, 11) is 1.71. The van der Waals surface area contributed by atoms with E-state index in [4.69, 9.17) is 9.47 Å². The molecule has 0 amide bonds. The lowest BCUT2D eigenvalue weighted by molar-refractivity contribution is -0.160. The predicted molar refractivity (Wildman–Crippen MR) is 112 cm³/mol. The Hall–Kier alpha value is -1.32. The number of esters is 1. The third-order valence-corrected chi connectivity index (χ3v) is 9.76. The molecule has 4 nitrogen and oxygen atoms in total. The van der Waals surface area contributed by atoms with Gasteiger partial charge >= 0.3 is 5.97 Å². The molecule has 4 saturated carbocycles. The van der Waals surface area contributed by atoms with E-state index in [2.05, 4.69) is 13.8 Å². The molecule has 29 heavy (non-hydrogen) atoms. The van der Waals surface area contributed by atoms with Crippen molar-refractivity contribution in [3.8, 4) is 0 Å². The number of carbonyl (C=O) groups is 2. The van der Waals surface area contributed by atoms with Crippen molar-refractivity contribution in [3.05, 3.63) is 11.8 Å². The first kappa shape index (κ1) is 20.9. The van der Waals surface area contributed by atoms with Crippen LogP contribution in [-0.2, 0) is 19.1 Å². The molecule has 0 radical (unpaired) electrons. The first-order chi connectivity index (χ1) is 13.8. The fourth-order valence-corrected chi connectivity index (χ4v) is 8.42. The fraction of sp³-hybridized carbons (Fsp3) is 0.840. The molecule has 0 heterocycles. The average molecular weight is 403 g/mol. The van der Waals surface area contributed by atoms with Crippen LogP contribution in [0.5, 0.6) is 0 Å². The van der Waals surface area contributed by atoms with Gasteiger partial charge in [0.1, 0.15) is 18.1 Å². The van der Waals surface area contributed by atoms with Crippen molar-refractivity contribution in [2.75, 3.05) is 7.11 Å². The highest BCUT2D eigenvalue weighted by Crippen LogP contribution is 2.68. The molecule has 4 rings (SSSR count). The van der Waals surface area contributed by atoms with E-state index in [0.29, 0.717) is 17.3 Å². The third kappa shape index (κ3) is 3.35. The van der Waals surface area contributed by atoms with Gasteiger partial charge in [0.25, 0.3) is 0 Å². The number of rotatable bonds is 4. The van der Waals surface area contributed by atoms with Gasteiger partial charge in [-0.15, -0.1) is 0 Å². The summed E-state index contributed by atoms with van der Waals surface area (Å²) < 4.78 is 11.3. The van der Waals surface area contributed by atoms with E-state index in [1.54, 1.807) is 13.2 Å². The van der Waals surface area contributed by atoms with Crippen LogP contribution in [0.2, 0.25) is 0 Å². The van der Waals surface area contributed by atoms with Crippen LogP contribution in [0.1, 0.15) is 78.6 Å². The van der Waals surface area contributed by atoms with Gasteiger partial charge < -0.3 is 9.47 Å². The molecule has 4 fully saturated rings. The fourth-order valence-electron chi connectivity index (χ4n) is 8.42. The van der Waals surface area contributed by atoms with Crippen LogP contribution in [0.4, 0.5) is 0 Å². The average Bonchev–Trinajstić information content (AvgIpc) is 3.03. The number of methoxy groups -OCH3 is 1. The second kappa shape index (κ2) is 7.74. The molecule has 4 heteroatoms. The maximum atomic E-state index is 11.4. The normalized spacial score (nSPS) is 46.8. The zero-order chi connectivity index (χ0) is 20.8. The first-order valence-electron chi connectivity index (χ1n) is 11.7. The van der Waals surface area contributed by atoms with Crippen LogP contribution in [0.3, 0.4) is 0 Å². The lowest BCUT2D eigenvalue weighted by Gasteiger charge is -2.61. The first-order valence-corrected chi connectivity index (χ1v) is 11.7. The minimum atomic E-state index is -0.130. The summed E-state index contributed by atoms with van der Waals surface area (Å²) >= 11 is 0. The van der Waals surface area contributed by atoms with Crippen molar-refractivity contribution in [1.82, 2.24) is 0 Å². The number of hydrogen-bond donors (Lipinski definition) is 0. The van der Waals surface area contributed by atoms with E-state index in [9.17, 15) is 9.59 Å². The van der Waals surface area contributed by atoms with Crippen molar-refractivity contribution in [2.24, 2.45) is 40.4 Å². The Balaban J connectivity index is 1.54. The summed E-state index contributed by atoms with van der Waals surface area (Å²) in [5, 5.41) is 0. The summed E-state index contributed by atoms with van der Waals surface area (Å²) in [6.07, 6.45) is 13.5. The Bertz CT molecular complexity index is 684. The molecular weight excluding hydrogens is 364 g/mol. The van der Waals surface area contributed by atoms with Gasteiger partial charge in [-0.05, 0) is 92.3 Å². The number of ether oxygens (including phenoxy) is 2. The van der Waals surface area contributed by atoms with Crippen molar-refractivity contribution in [1.29, 1.82) is 0 Å². The van der Waals surface area contributed by atoms with Gasteiger partial charge in [0, 0.05) is 18.9 Å². The minimum absolute atomic E-state index is 0.129. The highest BCUT2D eigenvalue weighted by Gasteiger charge is 2.60. The van der Waals surface area contributed by atoms with Gasteiger partial charge in [0.15, 0.2) is 0 Å². The van der Waals surface area contributed by atoms with Gasteiger partial charge in [-0.25, -0.2) is 0 Å². The van der Waals surface area contributed by atoms with Crippen LogP contribution >= 0.6 is 0 Å². The maximum Gasteiger partial charge on any atom is 0.302 e. The van der Waals surface area contributed by atoms with Gasteiger partial charge in [-0.2, -0.15) is 0 Å². The zero-order valence-corrected chi connectivity index (χ0v) is 18.6. The Morgan fingerprint density at radius 3 is 2.38 bits per heavy atom. The molecule has 0 aromatic carbocycles. The molecule has 0 bridgehead atoms. The van der Waals surface area contributed by atoms with Crippen molar-refractivity contribution in [3.63, 3.8) is 0 Å². The maximum absolute atomic E-state index is 11.4. The SMILES string of the molecule is COC(=CC=O)[C@H]1CC[C@H]2[C@@H]3CC[C@H]4C[C@@H](OC(C)=O)CC[C@]4(C)[C@H]3CC[C@]12C. The Morgan fingerprint density at radius 1 is 0.966 bits per heavy atom. The predicted octanol–water partition coefficient (Wildman–Crippen LogP) is 5.31. The number of aldehydes is 1. The van der Waals surface area contributed by atoms with Crippen LogP contribution in [0.25, 0.3) is 0 Å².